The fraction of sp³-hybridized carbons (Fsp3) is 0.0952. The molecule has 3 rings (SSSR count). The third-order valence-corrected chi connectivity index (χ3v) is 5.17. The quantitative estimate of drug-likeness (QED) is 0.618. The summed E-state index contributed by atoms with van der Waals surface area (Å²) in [5.74, 6) is 0. The zero-order valence-electron chi connectivity index (χ0n) is 13.6. The van der Waals surface area contributed by atoms with E-state index in [9.17, 15) is 4.21 Å². The van der Waals surface area contributed by atoms with E-state index in [4.69, 9.17) is 0 Å². The molecule has 2 nitrogen and oxygen atoms in total. The van der Waals surface area contributed by atoms with Crippen molar-refractivity contribution in [3.05, 3.63) is 95.6 Å². The Morgan fingerprint density at radius 1 is 0.875 bits per heavy atom. The predicted octanol–water partition coefficient (Wildman–Crippen LogP) is 4.78. The SMILES string of the molecule is Cc1ccc(S(=O)c2ccccc2C=NCc2ccccc2)cc1. The molecule has 0 saturated carbocycles. The molecule has 3 heteroatoms. The number of rotatable bonds is 5. The van der Waals surface area contributed by atoms with Crippen molar-refractivity contribution in [3.63, 3.8) is 0 Å². The van der Waals surface area contributed by atoms with E-state index < -0.39 is 10.8 Å². The minimum Gasteiger partial charge on any atom is -0.288 e. The van der Waals surface area contributed by atoms with E-state index in [0.717, 1.165) is 26.5 Å². The number of aliphatic imine (C=N–C) groups is 1. The molecule has 0 aliphatic heterocycles. The van der Waals surface area contributed by atoms with Crippen LogP contribution in [-0.2, 0) is 17.3 Å². The Bertz CT molecular complexity index is 855. The van der Waals surface area contributed by atoms with Crippen LogP contribution < -0.4 is 0 Å². The van der Waals surface area contributed by atoms with Gasteiger partial charge >= 0.3 is 0 Å². The predicted molar refractivity (Wildman–Crippen MR) is 100 cm³/mol. The molecule has 0 radical (unpaired) electrons. The average Bonchev–Trinajstić information content (AvgIpc) is 2.63. The highest BCUT2D eigenvalue weighted by Crippen LogP contribution is 2.19. The molecule has 0 heterocycles. The zero-order chi connectivity index (χ0) is 16.8. The minimum absolute atomic E-state index is 0.617. The van der Waals surface area contributed by atoms with E-state index in [1.54, 1.807) is 0 Å². The van der Waals surface area contributed by atoms with E-state index in [0.29, 0.717) is 6.54 Å². The van der Waals surface area contributed by atoms with Crippen molar-refractivity contribution in [1.82, 2.24) is 0 Å². The summed E-state index contributed by atoms with van der Waals surface area (Å²) in [4.78, 5) is 6.10. The summed E-state index contributed by atoms with van der Waals surface area (Å²) in [6.07, 6.45) is 1.81. The van der Waals surface area contributed by atoms with Crippen LogP contribution in [0.3, 0.4) is 0 Å². The van der Waals surface area contributed by atoms with Gasteiger partial charge in [0.05, 0.1) is 22.2 Å². The summed E-state index contributed by atoms with van der Waals surface area (Å²) in [6, 6.07) is 25.6. The second kappa shape index (κ2) is 7.84. The number of aryl methyl sites for hydroxylation is 1. The standard InChI is InChI=1S/C21H19NOS/c1-17-11-13-20(14-12-17)24(23)21-10-6-5-9-19(21)16-22-15-18-7-3-2-4-8-18/h2-14,16H,15H2,1H3. The molecule has 0 aliphatic rings. The Morgan fingerprint density at radius 2 is 1.54 bits per heavy atom. The number of hydrogen-bond donors (Lipinski definition) is 0. The van der Waals surface area contributed by atoms with Crippen LogP contribution in [0.2, 0.25) is 0 Å². The van der Waals surface area contributed by atoms with Gasteiger partial charge < -0.3 is 0 Å². The maximum absolute atomic E-state index is 12.9. The van der Waals surface area contributed by atoms with Crippen LogP contribution in [0.1, 0.15) is 16.7 Å². The number of hydrogen-bond acceptors (Lipinski definition) is 2. The molecule has 120 valence electrons. The van der Waals surface area contributed by atoms with Crippen LogP contribution in [0.5, 0.6) is 0 Å². The topological polar surface area (TPSA) is 29.4 Å². The summed E-state index contributed by atoms with van der Waals surface area (Å²) >= 11 is 0. The van der Waals surface area contributed by atoms with Crippen LogP contribution in [0, 0.1) is 6.92 Å². The number of nitrogens with zero attached hydrogens (tertiary/aromatic N) is 1. The van der Waals surface area contributed by atoms with Gasteiger partial charge in [-0.15, -0.1) is 0 Å². The molecule has 0 fully saturated rings. The molecule has 0 saturated heterocycles. The van der Waals surface area contributed by atoms with Crippen LogP contribution in [0.4, 0.5) is 0 Å². The van der Waals surface area contributed by atoms with E-state index in [-0.39, 0.29) is 0 Å². The molecular weight excluding hydrogens is 314 g/mol. The lowest BCUT2D eigenvalue weighted by Gasteiger charge is -2.06. The lowest BCUT2D eigenvalue weighted by molar-refractivity contribution is 0.683. The molecule has 3 aromatic carbocycles. The average molecular weight is 333 g/mol. The van der Waals surface area contributed by atoms with Crippen molar-refractivity contribution >= 4 is 17.0 Å². The fourth-order valence-corrected chi connectivity index (χ4v) is 3.55. The molecule has 0 N–H and O–H groups in total. The third-order valence-electron chi connectivity index (χ3n) is 3.70. The molecule has 0 amide bonds. The second-order valence-corrected chi connectivity index (χ2v) is 7.02. The van der Waals surface area contributed by atoms with Crippen molar-refractivity contribution in [2.45, 2.75) is 23.3 Å². The van der Waals surface area contributed by atoms with Crippen LogP contribution in [-0.4, -0.2) is 10.4 Å². The molecule has 1 atom stereocenters. The Balaban J connectivity index is 1.82. The molecule has 3 aromatic rings. The van der Waals surface area contributed by atoms with E-state index in [2.05, 4.69) is 4.99 Å². The Labute approximate surface area is 145 Å². The summed E-state index contributed by atoms with van der Waals surface area (Å²) in [7, 11) is -1.21. The van der Waals surface area contributed by atoms with Crippen molar-refractivity contribution in [3.8, 4) is 0 Å². The van der Waals surface area contributed by atoms with Gasteiger partial charge in [0, 0.05) is 16.7 Å². The van der Waals surface area contributed by atoms with Crippen molar-refractivity contribution in [2.24, 2.45) is 4.99 Å². The van der Waals surface area contributed by atoms with Gasteiger partial charge in [-0.05, 0) is 30.7 Å². The summed E-state index contributed by atoms with van der Waals surface area (Å²) < 4.78 is 12.9. The van der Waals surface area contributed by atoms with Gasteiger partial charge in [0.2, 0.25) is 0 Å². The Kier molecular flexibility index (Phi) is 5.34. The normalized spacial score (nSPS) is 12.4. The minimum atomic E-state index is -1.21. The first-order valence-electron chi connectivity index (χ1n) is 7.85. The summed E-state index contributed by atoms with van der Waals surface area (Å²) in [5.41, 5.74) is 3.21. The molecule has 0 aromatic heterocycles. The van der Waals surface area contributed by atoms with Gasteiger partial charge in [-0.1, -0.05) is 66.2 Å². The molecule has 1 unspecified atom stereocenters. The fourth-order valence-electron chi connectivity index (χ4n) is 2.38. The van der Waals surface area contributed by atoms with E-state index >= 15 is 0 Å². The van der Waals surface area contributed by atoms with Gasteiger partial charge in [0.1, 0.15) is 0 Å². The summed E-state index contributed by atoms with van der Waals surface area (Å²) in [5, 5.41) is 0. The third kappa shape index (κ3) is 4.06. The zero-order valence-corrected chi connectivity index (χ0v) is 14.4. The number of benzene rings is 3. The Morgan fingerprint density at radius 3 is 2.29 bits per heavy atom. The molecule has 0 bridgehead atoms. The van der Waals surface area contributed by atoms with E-state index in [1.807, 2.05) is 92.0 Å². The molecule has 24 heavy (non-hydrogen) atoms. The van der Waals surface area contributed by atoms with Gasteiger partial charge in [0.15, 0.2) is 0 Å². The molecular formula is C21H19NOS. The lowest BCUT2D eigenvalue weighted by Crippen LogP contribution is -1.98. The van der Waals surface area contributed by atoms with Gasteiger partial charge in [-0.2, -0.15) is 0 Å². The first-order chi connectivity index (χ1) is 11.7. The first kappa shape index (κ1) is 16.3. The highest BCUT2D eigenvalue weighted by molar-refractivity contribution is 7.85. The maximum Gasteiger partial charge on any atom is 0.0856 e. The highest BCUT2D eigenvalue weighted by atomic mass is 32.2. The first-order valence-corrected chi connectivity index (χ1v) is 9.00. The summed E-state index contributed by atoms with van der Waals surface area (Å²) in [6.45, 7) is 2.64. The van der Waals surface area contributed by atoms with Crippen LogP contribution >= 0.6 is 0 Å². The van der Waals surface area contributed by atoms with Crippen molar-refractivity contribution < 1.29 is 4.21 Å². The molecule has 0 spiro atoms. The monoisotopic (exact) mass is 333 g/mol. The van der Waals surface area contributed by atoms with E-state index in [1.165, 1.54) is 0 Å². The maximum atomic E-state index is 12.9. The van der Waals surface area contributed by atoms with Gasteiger partial charge in [-0.3, -0.25) is 4.99 Å². The molecule has 0 aliphatic carbocycles. The van der Waals surface area contributed by atoms with Crippen LogP contribution in [0.25, 0.3) is 0 Å². The largest absolute Gasteiger partial charge is 0.288 e. The van der Waals surface area contributed by atoms with Crippen molar-refractivity contribution in [1.29, 1.82) is 0 Å². The lowest BCUT2D eigenvalue weighted by atomic mass is 10.2. The second-order valence-electron chi connectivity index (χ2n) is 5.57. The Hall–Kier alpha value is -2.52. The smallest absolute Gasteiger partial charge is 0.0856 e. The highest BCUT2D eigenvalue weighted by Gasteiger charge is 2.10. The van der Waals surface area contributed by atoms with Gasteiger partial charge in [0.25, 0.3) is 0 Å². The van der Waals surface area contributed by atoms with Crippen molar-refractivity contribution in [2.75, 3.05) is 0 Å². The van der Waals surface area contributed by atoms with Gasteiger partial charge in [-0.25, -0.2) is 4.21 Å². The van der Waals surface area contributed by atoms with Crippen LogP contribution in [0.15, 0.2) is 93.6 Å².